The van der Waals surface area contributed by atoms with Gasteiger partial charge in [0.2, 0.25) is 0 Å². The molecule has 90 valence electrons. The van der Waals surface area contributed by atoms with Gasteiger partial charge in [0.15, 0.2) is 0 Å². The third kappa shape index (κ3) is 2.77. The van der Waals surface area contributed by atoms with Crippen LogP contribution in [0.3, 0.4) is 0 Å². The van der Waals surface area contributed by atoms with Crippen molar-refractivity contribution in [2.24, 2.45) is 5.73 Å². The van der Waals surface area contributed by atoms with E-state index in [4.69, 9.17) is 10.5 Å². The Morgan fingerprint density at radius 3 is 2.53 bits per heavy atom. The topological polar surface area (TPSA) is 35.2 Å². The molecule has 2 heteroatoms. The fourth-order valence-corrected chi connectivity index (χ4v) is 1.87. The lowest BCUT2D eigenvalue weighted by atomic mass is 10.1. The maximum Gasteiger partial charge on any atom is 0.120 e. The number of nitrogens with two attached hydrogens (primary N) is 1. The van der Waals surface area contributed by atoms with Crippen LogP contribution in [0.4, 0.5) is 0 Å². The predicted molar refractivity (Wildman–Crippen MR) is 72.3 cm³/mol. The van der Waals surface area contributed by atoms with Crippen molar-refractivity contribution in [2.75, 3.05) is 0 Å². The van der Waals surface area contributed by atoms with Crippen LogP contribution in [0.1, 0.15) is 20.3 Å². The van der Waals surface area contributed by atoms with Crippen LogP contribution in [-0.4, -0.2) is 12.1 Å². The molecule has 0 fully saturated rings. The first-order valence-electron chi connectivity index (χ1n) is 6.11. The standard InChI is InChI=1S/C15H19NO/c1-3-15(16)11(2)17-14-9-8-12-6-4-5-7-13(12)10-14/h4-11,15H,3,16H2,1-2H3. The number of fused-ring (bicyclic) bond motifs is 1. The number of benzene rings is 2. The Kier molecular flexibility index (Phi) is 3.64. The summed E-state index contributed by atoms with van der Waals surface area (Å²) in [7, 11) is 0. The predicted octanol–water partition coefficient (Wildman–Crippen LogP) is 3.34. The van der Waals surface area contributed by atoms with Gasteiger partial charge in [0, 0.05) is 6.04 Å². The molecule has 0 bridgehead atoms. The van der Waals surface area contributed by atoms with Gasteiger partial charge in [0.05, 0.1) is 0 Å². The van der Waals surface area contributed by atoms with Gasteiger partial charge in [-0.05, 0) is 36.2 Å². The molecule has 0 saturated heterocycles. The molecule has 2 unspecified atom stereocenters. The zero-order valence-electron chi connectivity index (χ0n) is 10.4. The molecule has 17 heavy (non-hydrogen) atoms. The summed E-state index contributed by atoms with van der Waals surface area (Å²) in [5.41, 5.74) is 5.95. The van der Waals surface area contributed by atoms with Gasteiger partial charge in [0.1, 0.15) is 11.9 Å². The Labute approximate surface area is 102 Å². The smallest absolute Gasteiger partial charge is 0.120 e. The van der Waals surface area contributed by atoms with Gasteiger partial charge in [-0.15, -0.1) is 0 Å². The van der Waals surface area contributed by atoms with Gasteiger partial charge in [-0.1, -0.05) is 37.3 Å². The van der Waals surface area contributed by atoms with Crippen molar-refractivity contribution in [3.8, 4) is 5.75 Å². The molecule has 2 atom stereocenters. The van der Waals surface area contributed by atoms with Crippen molar-refractivity contribution in [3.63, 3.8) is 0 Å². The van der Waals surface area contributed by atoms with Crippen LogP contribution in [0.15, 0.2) is 42.5 Å². The third-order valence-corrected chi connectivity index (χ3v) is 3.12. The molecule has 2 N–H and O–H groups in total. The molecule has 0 spiro atoms. The van der Waals surface area contributed by atoms with Crippen molar-refractivity contribution in [1.82, 2.24) is 0 Å². The van der Waals surface area contributed by atoms with Gasteiger partial charge in [-0.2, -0.15) is 0 Å². The zero-order chi connectivity index (χ0) is 12.3. The summed E-state index contributed by atoms with van der Waals surface area (Å²) in [6.45, 7) is 4.09. The number of ether oxygens (including phenoxy) is 1. The second-order valence-corrected chi connectivity index (χ2v) is 4.40. The average Bonchev–Trinajstić information content (AvgIpc) is 2.37. The molecule has 0 aliphatic rings. The zero-order valence-corrected chi connectivity index (χ0v) is 10.4. The molecule has 2 rings (SSSR count). The van der Waals surface area contributed by atoms with Gasteiger partial charge in [-0.3, -0.25) is 0 Å². The largest absolute Gasteiger partial charge is 0.489 e. The molecule has 0 heterocycles. The van der Waals surface area contributed by atoms with Crippen molar-refractivity contribution >= 4 is 10.8 Å². The minimum absolute atomic E-state index is 0.0427. The Morgan fingerprint density at radius 1 is 1.12 bits per heavy atom. The Bertz CT molecular complexity index is 495. The van der Waals surface area contributed by atoms with Crippen LogP contribution in [0.2, 0.25) is 0 Å². The van der Waals surface area contributed by atoms with Crippen LogP contribution in [-0.2, 0) is 0 Å². The van der Waals surface area contributed by atoms with Crippen LogP contribution >= 0.6 is 0 Å². The molecule has 0 amide bonds. The average molecular weight is 229 g/mol. The summed E-state index contributed by atoms with van der Waals surface area (Å²) in [6.07, 6.45) is 0.968. The first kappa shape index (κ1) is 11.9. The minimum atomic E-state index is 0.0427. The fraction of sp³-hybridized carbons (Fsp3) is 0.333. The third-order valence-electron chi connectivity index (χ3n) is 3.12. The number of hydrogen-bond acceptors (Lipinski definition) is 2. The van der Waals surface area contributed by atoms with E-state index in [1.807, 2.05) is 25.1 Å². The lowest BCUT2D eigenvalue weighted by molar-refractivity contribution is 0.187. The lowest BCUT2D eigenvalue weighted by Crippen LogP contribution is -2.35. The summed E-state index contributed by atoms with van der Waals surface area (Å²) >= 11 is 0. The molecule has 2 aromatic rings. The quantitative estimate of drug-likeness (QED) is 0.872. The maximum absolute atomic E-state index is 5.95. The Balaban J connectivity index is 2.19. The Hall–Kier alpha value is -1.54. The van der Waals surface area contributed by atoms with Crippen molar-refractivity contribution < 1.29 is 4.74 Å². The lowest BCUT2D eigenvalue weighted by Gasteiger charge is -2.20. The number of rotatable bonds is 4. The highest BCUT2D eigenvalue weighted by Crippen LogP contribution is 2.21. The highest BCUT2D eigenvalue weighted by atomic mass is 16.5. The van der Waals surface area contributed by atoms with Crippen molar-refractivity contribution in [3.05, 3.63) is 42.5 Å². The molecule has 2 aromatic carbocycles. The van der Waals surface area contributed by atoms with Gasteiger partial charge in [0.25, 0.3) is 0 Å². The second kappa shape index (κ2) is 5.19. The van der Waals surface area contributed by atoms with Crippen LogP contribution in [0.5, 0.6) is 5.75 Å². The van der Waals surface area contributed by atoms with E-state index >= 15 is 0 Å². The molecule has 0 radical (unpaired) electrons. The highest BCUT2D eigenvalue weighted by molar-refractivity contribution is 5.83. The van der Waals surface area contributed by atoms with E-state index in [0.717, 1.165) is 12.2 Å². The molecular formula is C15H19NO. The summed E-state index contributed by atoms with van der Waals surface area (Å²) in [5, 5.41) is 2.43. The fourth-order valence-electron chi connectivity index (χ4n) is 1.87. The first-order valence-corrected chi connectivity index (χ1v) is 6.11. The van der Waals surface area contributed by atoms with Crippen molar-refractivity contribution in [1.29, 1.82) is 0 Å². The Morgan fingerprint density at radius 2 is 1.82 bits per heavy atom. The van der Waals surface area contributed by atoms with E-state index in [1.54, 1.807) is 0 Å². The molecular weight excluding hydrogens is 210 g/mol. The number of hydrogen-bond donors (Lipinski definition) is 1. The van der Waals surface area contributed by atoms with E-state index in [-0.39, 0.29) is 12.1 Å². The monoisotopic (exact) mass is 229 g/mol. The van der Waals surface area contributed by atoms with E-state index in [1.165, 1.54) is 10.8 Å². The summed E-state index contributed by atoms with van der Waals surface area (Å²) in [4.78, 5) is 0. The van der Waals surface area contributed by atoms with Gasteiger partial charge >= 0.3 is 0 Å². The van der Waals surface area contributed by atoms with E-state index in [9.17, 15) is 0 Å². The van der Waals surface area contributed by atoms with E-state index < -0.39 is 0 Å². The van der Waals surface area contributed by atoms with Gasteiger partial charge < -0.3 is 10.5 Å². The molecule has 0 saturated carbocycles. The maximum atomic E-state index is 5.95. The second-order valence-electron chi connectivity index (χ2n) is 4.40. The highest BCUT2D eigenvalue weighted by Gasteiger charge is 2.12. The minimum Gasteiger partial charge on any atom is -0.489 e. The molecule has 0 aliphatic carbocycles. The SMILES string of the molecule is CCC(N)C(C)Oc1ccc2ccccc2c1. The molecule has 0 aromatic heterocycles. The summed E-state index contributed by atoms with van der Waals surface area (Å²) in [6, 6.07) is 14.5. The summed E-state index contributed by atoms with van der Waals surface area (Å²) < 4.78 is 5.85. The van der Waals surface area contributed by atoms with Crippen molar-refractivity contribution in [2.45, 2.75) is 32.4 Å². The van der Waals surface area contributed by atoms with E-state index in [2.05, 4.69) is 31.2 Å². The first-order chi connectivity index (χ1) is 8.20. The van der Waals surface area contributed by atoms with Gasteiger partial charge in [-0.25, -0.2) is 0 Å². The van der Waals surface area contributed by atoms with Crippen LogP contribution in [0, 0.1) is 0 Å². The van der Waals surface area contributed by atoms with E-state index in [0.29, 0.717) is 0 Å². The molecule has 2 nitrogen and oxygen atoms in total. The normalized spacial score (nSPS) is 14.5. The van der Waals surface area contributed by atoms with Crippen LogP contribution < -0.4 is 10.5 Å². The summed E-state index contributed by atoms with van der Waals surface area (Å²) in [5.74, 6) is 0.889. The molecule has 0 aliphatic heterocycles. The van der Waals surface area contributed by atoms with Crippen LogP contribution in [0.25, 0.3) is 10.8 Å².